The molecule has 2 unspecified atom stereocenters. The summed E-state index contributed by atoms with van der Waals surface area (Å²) in [7, 11) is 0. The normalized spacial score (nSPS) is 34.5. The molecule has 0 aromatic heterocycles. The van der Waals surface area contributed by atoms with Crippen LogP contribution in [0.1, 0.15) is 0 Å². The molecule has 1 saturated heterocycles. The van der Waals surface area contributed by atoms with Gasteiger partial charge in [-0.3, -0.25) is 0 Å². The van der Waals surface area contributed by atoms with Crippen LogP contribution in [0.4, 0.5) is 0 Å². The maximum absolute atomic E-state index is 5.71. The zero-order chi connectivity index (χ0) is 9.52. The third-order valence-electron chi connectivity index (χ3n) is 1.06. The second-order valence-electron chi connectivity index (χ2n) is 1.90. The number of nitrogens with zero attached hydrogens (tertiary/aromatic N) is 2. The van der Waals surface area contributed by atoms with Gasteiger partial charge < -0.3 is 0 Å². The lowest BCUT2D eigenvalue weighted by Crippen LogP contribution is -2.35. The van der Waals surface area contributed by atoms with Crippen molar-refractivity contribution in [3.8, 4) is 0 Å². The molecule has 12 heavy (non-hydrogen) atoms. The Labute approximate surface area is 104 Å². The molecule has 0 saturated carbocycles. The molecule has 2 atom stereocenters. The van der Waals surface area contributed by atoms with E-state index in [4.69, 9.17) is 70.0 Å². The van der Waals surface area contributed by atoms with E-state index in [0.29, 0.717) is 0 Å². The van der Waals surface area contributed by atoms with E-state index in [1.165, 1.54) is 0 Å². The van der Waals surface area contributed by atoms with Crippen molar-refractivity contribution in [1.29, 1.82) is 0 Å². The molecule has 0 aromatic carbocycles. The summed E-state index contributed by atoms with van der Waals surface area (Å²) in [5.41, 5.74) is 0. The average Bonchev–Trinajstić information content (AvgIpc) is 2.15. The van der Waals surface area contributed by atoms with E-state index in [1.807, 2.05) is 0 Å². The van der Waals surface area contributed by atoms with Gasteiger partial charge in [-0.1, -0.05) is 58.2 Å². The fourth-order valence-electron chi connectivity index (χ4n) is 0.592. The molecule has 0 amide bonds. The number of rotatable bonds is 0. The van der Waals surface area contributed by atoms with Crippen molar-refractivity contribution in [2.45, 2.75) is 14.0 Å². The fraction of sp³-hybridized carbons (Fsp3) is 1.00. The minimum atomic E-state index is -1.52. The Morgan fingerprint density at radius 3 is 1.75 bits per heavy atom. The Kier molecular flexibility index (Phi) is 4.28. The monoisotopic (exact) mass is 308 g/mol. The first-order chi connectivity index (χ1) is 5.34. The van der Waals surface area contributed by atoms with E-state index >= 15 is 0 Å². The highest BCUT2D eigenvalue weighted by Gasteiger charge is 2.48. The molecule has 72 valence electrons. The summed E-state index contributed by atoms with van der Waals surface area (Å²) in [5, 5.41) is -0.593. The van der Waals surface area contributed by atoms with Crippen molar-refractivity contribution in [3.63, 3.8) is 0 Å². The second kappa shape index (κ2) is 4.25. The van der Waals surface area contributed by atoms with Gasteiger partial charge in [0.25, 0.3) is 0 Å². The highest BCUT2D eigenvalue weighted by atomic mass is 35.6. The van der Waals surface area contributed by atoms with Crippen molar-refractivity contribution < 1.29 is 0 Å². The molecule has 0 aliphatic carbocycles. The van der Waals surface area contributed by atoms with Gasteiger partial charge in [-0.2, -0.15) is 0 Å². The summed E-state index contributed by atoms with van der Waals surface area (Å²) < 4.78 is 0.584. The lowest BCUT2D eigenvalue weighted by atomic mass is 10.7. The lowest BCUT2D eigenvalue weighted by molar-refractivity contribution is 0.203. The van der Waals surface area contributed by atoms with Gasteiger partial charge in [0.1, 0.15) is 5.37 Å². The van der Waals surface area contributed by atoms with Gasteiger partial charge in [0.05, 0.1) is 0 Å². The minimum absolute atomic E-state index is 0.537. The number of hydrazine groups is 1. The smallest absolute Gasteiger partial charge is 0.119 e. The molecule has 0 aromatic rings. The molecule has 0 bridgehead atoms. The summed E-state index contributed by atoms with van der Waals surface area (Å²) in [6.45, 7) is 0. The molecule has 1 aliphatic rings. The largest absolute Gasteiger partial charge is 0.217 e. The van der Waals surface area contributed by atoms with Crippen LogP contribution >= 0.6 is 81.7 Å². The summed E-state index contributed by atoms with van der Waals surface area (Å²) in [5.74, 6) is 0. The molecule has 1 rings (SSSR count). The quantitative estimate of drug-likeness (QED) is 0.382. The minimum Gasteiger partial charge on any atom is -0.119 e. The van der Waals surface area contributed by atoms with E-state index in [-0.39, 0.29) is 0 Å². The van der Waals surface area contributed by atoms with Crippen molar-refractivity contribution >= 4 is 81.7 Å². The molecular weight excluding hydrogens is 309 g/mol. The van der Waals surface area contributed by atoms with Crippen LogP contribution in [-0.4, -0.2) is 23.1 Å². The third-order valence-corrected chi connectivity index (χ3v) is 4.93. The van der Waals surface area contributed by atoms with E-state index in [1.54, 1.807) is 0 Å². The van der Waals surface area contributed by atoms with Crippen LogP contribution in [0.25, 0.3) is 0 Å². The Morgan fingerprint density at radius 1 is 1.08 bits per heavy atom. The van der Waals surface area contributed by atoms with Crippen LogP contribution in [0.2, 0.25) is 0 Å². The van der Waals surface area contributed by atoms with Crippen LogP contribution in [-0.2, 0) is 0 Å². The number of hydrogen-bond donors (Lipinski definition) is 0. The number of thioether (sulfide) groups is 1. The maximum atomic E-state index is 5.71. The second-order valence-corrected chi connectivity index (χ2v) is 6.80. The molecule has 1 aliphatic heterocycles. The number of hydrogen-bond acceptors (Lipinski definition) is 3. The van der Waals surface area contributed by atoms with Gasteiger partial charge in [0, 0.05) is 0 Å². The Balaban J connectivity index is 2.71. The highest BCUT2D eigenvalue weighted by molar-refractivity contribution is 8.02. The molecular formula is C3H2Cl6N2S. The van der Waals surface area contributed by atoms with Gasteiger partial charge in [-0.15, -0.1) is 9.06 Å². The van der Waals surface area contributed by atoms with Crippen LogP contribution in [0.3, 0.4) is 0 Å². The summed E-state index contributed by atoms with van der Waals surface area (Å²) in [6, 6.07) is 0. The van der Waals surface area contributed by atoms with Gasteiger partial charge in [0.15, 0.2) is 4.83 Å². The fourth-order valence-corrected chi connectivity index (χ4v) is 3.38. The van der Waals surface area contributed by atoms with Crippen molar-refractivity contribution in [1.82, 2.24) is 9.06 Å². The Morgan fingerprint density at radius 2 is 1.58 bits per heavy atom. The van der Waals surface area contributed by atoms with Gasteiger partial charge >= 0.3 is 0 Å². The summed E-state index contributed by atoms with van der Waals surface area (Å²) in [4.78, 5) is -0.537. The first kappa shape index (κ1) is 12.1. The molecule has 1 fully saturated rings. The third kappa shape index (κ3) is 2.53. The van der Waals surface area contributed by atoms with Gasteiger partial charge in [-0.05, 0) is 23.6 Å². The number of halogens is 6. The highest BCUT2D eigenvalue weighted by Crippen LogP contribution is 2.49. The number of alkyl halides is 4. The van der Waals surface area contributed by atoms with Crippen LogP contribution in [0.15, 0.2) is 0 Å². The zero-order valence-electron chi connectivity index (χ0n) is 5.23. The predicted molar refractivity (Wildman–Crippen MR) is 56.7 cm³/mol. The lowest BCUT2D eigenvalue weighted by Gasteiger charge is -2.23. The summed E-state index contributed by atoms with van der Waals surface area (Å²) in [6.07, 6.45) is 0. The topological polar surface area (TPSA) is 6.48 Å². The SMILES string of the molecule is ClC1SC(C(Cl)(Cl)Cl)N(Cl)N1Cl. The molecule has 1 heterocycles. The van der Waals surface area contributed by atoms with Crippen LogP contribution in [0.5, 0.6) is 0 Å². The first-order valence-electron chi connectivity index (χ1n) is 2.60. The van der Waals surface area contributed by atoms with Gasteiger partial charge in [-0.25, -0.2) is 0 Å². The molecule has 0 radical (unpaired) electrons. The predicted octanol–water partition coefficient (Wildman–Crippen LogP) is 3.78. The summed E-state index contributed by atoms with van der Waals surface area (Å²) >= 11 is 35.0. The van der Waals surface area contributed by atoms with Crippen LogP contribution < -0.4 is 0 Å². The van der Waals surface area contributed by atoms with Crippen LogP contribution in [0, 0.1) is 0 Å². The Hall–Kier alpha value is 2.01. The molecule has 9 heteroatoms. The maximum Gasteiger partial charge on any atom is 0.217 e. The molecule has 0 N–H and O–H groups in total. The first-order valence-corrected chi connectivity index (χ1v) is 5.79. The van der Waals surface area contributed by atoms with Crippen molar-refractivity contribution in [3.05, 3.63) is 0 Å². The van der Waals surface area contributed by atoms with E-state index < -0.39 is 14.0 Å². The standard InChI is InChI=1S/C3H2Cl6N2S/c4-2-11(9)10(8)1(12-2)3(5,6)7/h1-2H. The zero-order valence-corrected chi connectivity index (χ0v) is 10.6. The average molecular weight is 311 g/mol. The Bertz CT molecular complexity index is 173. The van der Waals surface area contributed by atoms with E-state index in [0.717, 1.165) is 20.8 Å². The molecule has 2 nitrogen and oxygen atoms in total. The molecule has 0 spiro atoms. The van der Waals surface area contributed by atoms with Crippen molar-refractivity contribution in [2.75, 3.05) is 0 Å². The van der Waals surface area contributed by atoms with Gasteiger partial charge in [0.2, 0.25) is 3.79 Å². The van der Waals surface area contributed by atoms with E-state index in [2.05, 4.69) is 0 Å². The van der Waals surface area contributed by atoms with E-state index in [9.17, 15) is 0 Å². The van der Waals surface area contributed by atoms with Crippen molar-refractivity contribution in [2.24, 2.45) is 0 Å².